The van der Waals surface area contributed by atoms with Gasteiger partial charge in [-0.15, -0.1) is 0 Å². The first-order chi connectivity index (χ1) is 5.41. The van der Waals surface area contributed by atoms with Gasteiger partial charge in [-0.2, -0.15) is 0 Å². The van der Waals surface area contributed by atoms with Crippen LogP contribution in [0.1, 0.15) is 0 Å². The summed E-state index contributed by atoms with van der Waals surface area (Å²) in [5.41, 5.74) is 0. The molecule has 0 amide bonds. The average molecular weight is 290 g/mol. The predicted molar refractivity (Wildman–Crippen MR) is 34.7 cm³/mol. The van der Waals surface area contributed by atoms with Crippen molar-refractivity contribution in [3.8, 4) is 0 Å². The van der Waals surface area contributed by atoms with Gasteiger partial charge < -0.3 is 23.5 Å². The molecule has 1 radical (unpaired) electrons. The Morgan fingerprint density at radius 1 is 0.786 bits per heavy atom. The smallest absolute Gasteiger partial charge is 0.759 e. The standard InChI is InChI=1S/C2H7N.Cr.2H2O4S/c1-3-2;;2*1-5(2,3)4/h3H,1-2H3;;2*(H2,1,2,3,4)/q;+3;;/p-3. The summed E-state index contributed by atoms with van der Waals surface area (Å²) in [4.78, 5) is 0. The van der Waals surface area contributed by atoms with Gasteiger partial charge in [-0.3, -0.25) is 16.8 Å². The maximum atomic E-state index is 8.52. The van der Waals surface area contributed by atoms with Crippen LogP contribution in [0.3, 0.4) is 0 Å². The minimum atomic E-state index is -5.17. The normalized spacial score (nSPS) is 9.57. The Balaban J connectivity index is -0.0000000535. The SMILES string of the molecule is C[NH2+]C.O=S(=O)([O-])[O-].O=S(=O)([O-])[O-].[Cr+3]. The molecule has 0 rings (SSSR count). The molecule has 12 heteroatoms. The van der Waals surface area contributed by atoms with Crippen molar-refractivity contribution >= 4 is 20.8 Å². The van der Waals surface area contributed by atoms with E-state index < -0.39 is 20.8 Å². The molecule has 0 aliphatic rings. The van der Waals surface area contributed by atoms with E-state index in [4.69, 9.17) is 35.0 Å². The Morgan fingerprint density at radius 2 is 0.786 bits per heavy atom. The van der Waals surface area contributed by atoms with E-state index in [0.717, 1.165) is 0 Å². The van der Waals surface area contributed by atoms with Gasteiger partial charge in [0.1, 0.15) is 0 Å². The van der Waals surface area contributed by atoms with Crippen LogP contribution < -0.4 is 5.32 Å². The molecule has 87 valence electrons. The van der Waals surface area contributed by atoms with E-state index >= 15 is 0 Å². The third-order valence-electron chi connectivity index (χ3n) is 0. The Bertz CT molecular complexity index is 234. The van der Waals surface area contributed by atoms with Crippen molar-refractivity contribution in [3.63, 3.8) is 0 Å². The molecule has 0 spiro atoms. The Labute approximate surface area is 92.8 Å². The fourth-order valence-electron chi connectivity index (χ4n) is 0. The third kappa shape index (κ3) is 28600. The van der Waals surface area contributed by atoms with Crippen LogP contribution in [-0.4, -0.2) is 49.1 Å². The van der Waals surface area contributed by atoms with Crippen LogP contribution in [0, 0.1) is 0 Å². The van der Waals surface area contributed by atoms with Crippen LogP contribution in [0.25, 0.3) is 0 Å². The van der Waals surface area contributed by atoms with Crippen molar-refractivity contribution < 1.29 is 57.7 Å². The zero-order valence-electron chi connectivity index (χ0n) is 7.07. The van der Waals surface area contributed by atoms with E-state index in [1.807, 2.05) is 19.4 Å². The molecule has 14 heavy (non-hydrogen) atoms. The minimum Gasteiger partial charge on any atom is -0.759 e. The van der Waals surface area contributed by atoms with Gasteiger partial charge in [-0.05, 0) is 0 Å². The van der Waals surface area contributed by atoms with E-state index in [9.17, 15) is 0 Å². The van der Waals surface area contributed by atoms with Crippen molar-refractivity contribution in [1.82, 2.24) is 0 Å². The quantitative estimate of drug-likeness (QED) is 0.347. The van der Waals surface area contributed by atoms with Crippen molar-refractivity contribution in [1.29, 1.82) is 0 Å². The van der Waals surface area contributed by atoms with Crippen molar-refractivity contribution in [2.75, 3.05) is 14.1 Å². The number of nitrogens with two attached hydrogens (primary N) is 1. The second-order valence-electron chi connectivity index (χ2n) is 1.39. The number of rotatable bonds is 0. The molecule has 0 saturated heterocycles. The summed E-state index contributed by atoms with van der Waals surface area (Å²) in [6, 6.07) is 0. The van der Waals surface area contributed by atoms with Crippen molar-refractivity contribution in [2.45, 2.75) is 0 Å². The first-order valence-corrected chi connectivity index (χ1v) is 5.15. The van der Waals surface area contributed by atoms with Gasteiger partial charge in [-0.1, -0.05) is 0 Å². The molecule has 0 fully saturated rings. The van der Waals surface area contributed by atoms with E-state index in [1.54, 1.807) is 0 Å². The maximum absolute atomic E-state index is 8.52. The molecule has 0 aliphatic heterocycles. The van der Waals surface area contributed by atoms with Gasteiger partial charge >= 0.3 is 17.4 Å². The Morgan fingerprint density at radius 3 is 0.786 bits per heavy atom. The fourth-order valence-corrected chi connectivity index (χ4v) is 0. The molecule has 2 N–H and O–H groups in total. The van der Waals surface area contributed by atoms with Gasteiger partial charge in [0.2, 0.25) is 0 Å². The molecule has 0 aliphatic carbocycles. The average Bonchev–Trinajstić information content (AvgIpc) is 1.52. The second kappa shape index (κ2) is 11.3. The van der Waals surface area contributed by atoms with Crippen molar-refractivity contribution in [2.24, 2.45) is 0 Å². The van der Waals surface area contributed by atoms with Crippen LogP contribution in [0.5, 0.6) is 0 Å². The minimum absolute atomic E-state index is 0. The maximum Gasteiger partial charge on any atom is 3.00 e. The first-order valence-electron chi connectivity index (χ1n) is 2.49. The van der Waals surface area contributed by atoms with E-state index in [0.29, 0.717) is 0 Å². The molecule has 0 saturated carbocycles. The van der Waals surface area contributed by atoms with E-state index in [2.05, 4.69) is 0 Å². The molecule has 0 aromatic carbocycles. The molecule has 0 bridgehead atoms. The summed E-state index contributed by atoms with van der Waals surface area (Å²) < 4.78 is 68.2. The summed E-state index contributed by atoms with van der Waals surface area (Å²) in [5.74, 6) is 0. The summed E-state index contributed by atoms with van der Waals surface area (Å²) >= 11 is 0. The zero-order chi connectivity index (χ0) is 11.7. The number of quaternary nitrogens is 1. The molecule has 0 atom stereocenters. The van der Waals surface area contributed by atoms with Crippen LogP contribution in [-0.2, 0) is 38.2 Å². The largest absolute Gasteiger partial charge is 3.00 e. The monoisotopic (exact) mass is 290 g/mol. The molecule has 0 unspecified atom stereocenters. The van der Waals surface area contributed by atoms with Crippen LogP contribution in [0.15, 0.2) is 0 Å². The van der Waals surface area contributed by atoms with E-state index in [1.165, 1.54) is 0 Å². The van der Waals surface area contributed by atoms with Crippen LogP contribution >= 0.6 is 0 Å². The Kier molecular flexibility index (Phi) is 19.2. The number of hydrogen-bond acceptors (Lipinski definition) is 8. The fraction of sp³-hybridized carbons (Fsp3) is 1.00. The zero-order valence-corrected chi connectivity index (χ0v) is 9.98. The first kappa shape index (κ1) is 23.8. The molecular weight excluding hydrogens is 282 g/mol. The summed E-state index contributed by atoms with van der Waals surface area (Å²) in [6.07, 6.45) is 0. The molecule has 9 nitrogen and oxygen atoms in total. The summed E-state index contributed by atoms with van der Waals surface area (Å²) in [7, 11) is -6.33. The van der Waals surface area contributed by atoms with Gasteiger partial charge in [0, 0.05) is 20.8 Å². The predicted octanol–water partition coefficient (Wildman–Crippen LogP) is -3.87. The van der Waals surface area contributed by atoms with Crippen LogP contribution in [0.2, 0.25) is 0 Å². The second-order valence-corrected chi connectivity index (χ2v) is 3.03. The molecule has 0 heterocycles. The van der Waals surface area contributed by atoms with Gasteiger partial charge in [0.15, 0.2) is 0 Å². The molecule has 0 aromatic rings. The number of hydrogen-bond donors (Lipinski definition) is 1. The topological polar surface area (TPSA) is 177 Å². The molecular formula is C2H8CrNO8S2. The third-order valence-corrected chi connectivity index (χ3v) is 0. The summed E-state index contributed by atoms with van der Waals surface area (Å²) in [6.45, 7) is 0. The van der Waals surface area contributed by atoms with Gasteiger partial charge in [0.05, 0.1) is 14.1 Å². The van der Waals surface area contributed by atoms with Gasteiger partial charge in [0.25, 0.3) is 0 Å². The van der Waals surface area contributed by atoms with Crippen molar-refractivity contribution in [3.05, 3.63) is 0 Å². The van der Waals surface area contributed by atoms with E-state index in [-0.39, 0.29) is 17.4 Å². The van der Waals surface area contributed by atoms with Gasteiger partial charge in [-0.25, -0.2) is 0 Å². The summed E-state index contributed by atoms with van der Waals surface area (Å²) in [5, 5.41) is 2.00. The molecule has 0 aromatic heterocycles. The Hall–Kier alpha value is 0.232. The van der Waals surface area contributed by atoms with Crippen LogP contribution in [0.4, 0.5) is 0 Å².